The van der Waals surface area contributed by atoms with E-state index in [0.29, 0.717) is 18.4 Å². The van der Waals surface area contributed by atoms with Gasteiger partial charge in [-0.05, 0) is 18.9 Å². The van der Waals surface area contributed by atoms with Crippen LogP contribution in [0.15, 0.2) is 42.6 Å². The molecule has 4 heteroatoms. The molecule has 0 aliphatic heterocycles. The van der Waals surface area contributed by atoms with Gasteiger partial charge in [-0.2, -0.15) is 0 Å². The largest absolute Gasteiger partial charge is 0.469 e. The Morgan fingerprint density at radius 1 is 1.14 bits per heavy atom. The van der Waals surface area contributed by atoms with Crippen LogP contribution in [0.3, 0.4) is 0 Å². The monoisotopic (exact) mass is 297 g/mol. The Balaban J connectivity index is 2.01. The fraction of sp³-hybridized carbons (Fsp3) is 0.333. The number of allylic oxidation sites excluding steroid dienone is 2. The summed E-state index contributed by atoms with van der Waals surface area (Å²) in [4.78, 5) is 25.0. The molecular formula is C18H19NO3. The molecule has 0 spiro atoms. The van der Waals surface area contributed by atoms with Gasteiger partial charge >= 0.3 is 5.97 Å². The first-order valence-corrected chi connectivity index (χ1v) is 7.44. The molecule has 1 aliphatic carbocycles. The first kappa shape index (κ1) is 14.6. The maximum Gasteiger partial charge on any atom is 0.309 e. The lowest BCUT2D eigenvalue weighted by Gasteiger charge is -2.25. The van der Waals surface area contributed by atoms with Gasteiger partial charge < -0.3 is 9.30 Å². The number of esters is 1. The molecule has 0 radical (unpaired) electrons. The standard InChI is InChI=1S/C18H19NO3/c1-19-11-15(12-7-5-6-10-16(12)19)17(20)13-8-3-4-9-14(13)18(21)22-2/h3-7,10-11,13-14H,8-9H2,1-2H3/t13-,14-/m0/s1. The van der Waals surface area contributed by atoms with Crippen LogP contribution in [0.1, 0.15) is 23.2 Å². The topological polar surface area (TPSA) is 48.3 Å². The molecule has 0 bridgehead atoms. The number of fused-ring (bicyclic) bond motifs is 1. The van der Waals surface area contributed by atoms with Crippen molar-refractivity contribution in [1.82, 2.24) is 4.57 Å². The van der Waals surface area contributed by atoms with Crippen molar-refractivity contribution in [2.45, 2.75) is 12.8 Å². The van der Waals surface area contributed by atoms with Gasteiger partial charge in [0.1, 0.15) is 0 Å². The van der Waals surface area contributed by atoms with Crippen molar-refractivity contribution in [2.75, 3.05) is 7.11 Å². The van der Waals surface area contributed by atoms with Gasteiger partial charge in [0.25, 0.3) is 0 Å². The highest BCUT2D eigenvalue weighted by molar-refractivity contribution is 6.10. The summed E-state index contributed by atoms with van der Waals surface area (Å²) < 4.78 is 6.82. The number of Topliss-reactive ketones (excluding diaryl/α,β-unsaturated/α-hetero) is 1. The molecule has 114 valence electrons. The highest BCUT2D eigenvalue weighted by Gasteiger charge is 2.36. The van der Waals surface area contributed by atoms with Crippen LogP contribution in [0, 0.1) is 11.8 Å². The molecule has 0 fully saturated rings. The molecule has 3 rings (SSSR count). The molecule has 0 amide bonds. The first-order valence-electron chi connectivity index (χ1n) is 7.44. The van der Waals surface area contributed by atoms with Crippen LogP contribution in [0.5, 0.6) is 0 Å². The molecule has 1 aliphatic rings. The number of ether oxygens (including phenoxy) is 1. The fourth-order valence-corrected chi connectivity index (χ4v) is 3.25. The molecule has 2 aromatic rings. The average Bonchev–Trinajstić information content (AvgIpc) is 2.91. The van der Waals surface area contributed by atoms with Crippen LogP contribution < -0.4 is 0 Å². The lowest BCUT2D eigenvalue weighted by molar-refractivity contribution is -0.146. The Morgan fingerprint density at radius 2 is 1.82 bits per heavy atom. The number of hydrogen-bond donors (Lipinski definition) is 0. The van der Waals surface area contributed by atoms with Crippen molar-refractivity contribution in [2.24, 2.45) is 18.9 Å². The van der Waals surface area contributed by atoms with Crippen LogP contribution in [-0.4, -0.2) is 23.4 Å². The van der Waals surface area contributed by atoms with E-state index in [0.717, 1.165) is 10.9 Å². The zero-order chi connectivity index (χ0) is 15.7. The Hall–Kier alpha value is -2.36. The van der Waals surface area contributed by atoms with E-state index in [4.69, 9.17) is 4.74 Å². The van der Waals surface area contributed by atoms with Crippen molar-refractivity contribution in [3.05, 3.63) is 48.2 Å². The number of aromatic nitrogens is 1. The van der Waals surface area contributed by atoms with Crippen LogP contribution in [-0.2, 0) is 16.6 Å². The van der Waals surface area contributed by atoms with Crippen LogP contribution in [0.4, 0.5) is 0 Å². The van der Waals surface area contributed by atoms with Crippen molar-refractivity contribution in [3.63, 3.8) is 0 Å². The van der Waals surface area contributed by atoms with Crippen LogP contribution in [0.25, 0.3) is 10.9 Å². The zero-order valence-electron chi connectivity index (χ0n) is 12.8. The minimum absolute atomic E-state index is 0.0246. The molecule has 1 aromatic carbocycles. The Bertz CT molecular complexity index is 757. The highest BCUT2D eigenvalue weighted by atomic mass is 16.5. The van der Waals surface area contributed by atoms with Crippen LogP contribution >= 0.6 is 0 Å². The Kier molecular flexibility index (Phi) is 3.84. The number of nitrogens with zero attached hydrogens (tertiary/aromatic N) is 1. The number of aryl methyl sites for hydroxylation is 1. The summed E-state index contributed by atoms with van der Waals surface area (Å²) in [7, 11) is 3.30. The predicted octanol–water partition coefficient (Wildman–Crippen LogP) is 3.12. The van der Waals surface area contributed by atoms with Gasteiger partial charge in [0.2, 0.25) is 0 Å². The van der Waals surface area contributed by atoms with E-state index in [1.54, 1.807) is 0 Å². The molecule has 1 aromatic heterocycles. The van der Waals surface area contributed by atoms with Gasteiger partial charge in [0, 0.05) is 35.6 Å². The maximum absolute atomic E-state index is 13.0. The minimum atomic E-state index is -0.388. The van der Waals surface area contributed by atoms with E-state index < -0.39 is 0 Å². The fourth-order valence-electron chi connectivity index (χ4n) is 3.25. The van der Waals surface area contributed by atoms with Crippen molar-refractivity contribution in [3.8, 4) is 0 Å². The number of methoxy groups -OCH3 is 1. The molecule has 0 saturated heterocycles. The summed E-state index contributed by atoms with van der Waals surface area (Å²) in [6.07, 6.45) is 6.94. The van der Waals surface area contributed by atoms with E-state index in [2.05, 4.69) is 0 Å². The summed E-state index contributed by atoms with van der Waals surface area (Å²) in [5.74, 6) is -1.01. The number of carbonyl (C=O) groups excluding carboxylic acids is 2. The van der Waals surface area contributed by atoms with E-state index in [9.17, 15) is 9.59 Å². The normalized spacial score (nSPS) is 21.0. The smallest absolute Gasteiger partial charge is 0.309 e. The second kappa shape index (κ2) is 5.79. The number of benzene rings is 1. The minimum Gasteiger partial charge on any atom is -0.469 e. The van der Waals surface area contributed by atoms with E-state index in [1.165, 1.54) is 7.11 Å². The molecule has 1 heterocycles. The molecule has 4 nitrogen and oxygen atoms in total. The van der Waals surface area contributed by atoms with Crippen molar-refractivity contribution < 1.29 is 14.3 Å². The lowest BCUT2D eigenvalue weighted by atomic mass is 9.78. The Labute approximate surface area is 129 Å². The summed E-state index contributed by atoms with van der Waals surface area (Å²) in [6, 6.07) is 7.83. The maximum atomic E-state index is 13.0. The second-order valence-corrected chi connectivity index (χ2v) is 5.71. The molecule has 22 heavy (non-hydrogen) atoms. The number of carbonyl (C=O) groups is 2. The van der Waals surface area contributed by atoms with Gasteiger partial charge in [0.05, 0.1) is 13.0 Å². The quantitative estimate of drug-likeness (QED) is 0.497. The number of para-hydroxylation sites is 1. The number of hydrogen-bond acceptors (Lipinski definition) is 3. The number of rotatable bonds is 3. The average molecular weight is 297 g/mol. The molecular weight excluding hydrogens is 278 g/mol. The molecule has 0 saturated carbocycles. The summed E-state index contributed by atoms with van der Waals surface area (Å²) >= 11 is 0. The van der Waals surface area contributed by atoms with Gasteiger partial charge in [0.15, 0.2) is 5.78 Å². The van der Waals surface area contributed by atoms with Gasteiger partial charge in [-0.1, -0.05) is 30.4 Å². The molecule has 0 N–H and O–H groups in total. The third-order valence-electron chi connectivity index (χ3n) is 4.44. The summed E-state index contributed by atoms with van der Waals surface area (Å²) in [5.41, 5.74) is 1.71. The van der Waals surface area contributed by atoms with E-state index in [1.807, 2.05) is 54.2 Å². The van der Waals surface area contributed by atoms with E-state index in [-0.39, 0.29) is 23.6 Å². The highest BCUT2D eigenvalue weighted by Crippen LogP contribution is 2.32. The molecule has 2 atom stereocenters. The summed E-state index contributed by atoms with van der Waals surface area (Å²) in [6.45, 7) is 0. The second-order valence-electron chi connectivity index (χ2n) is 5.71. The third kappa shape index (κ3) is 2.34. The number of ketones is 1. The van der Waals surface area contributed by atoms with Crippen molar-refractivity contribution >= 4 is 22.7 Å². The molecule has 0 unspecified atom stereocenters. The SMILES string of the molecule is COC(=O)[C@H]1CC=CC[C@@H]1C(=O)c1cn(C)c2ccccc12. The zero-order valence-corrected chi connectivity index (χ0v) is 12.8. The van der Waals surface area contributed by atoms with E-state index >= 15 is 0 Å². The lowest BCUT2D eigenvalue weighted by Crippen LogP contribution is -2.32. The van der Waals surface area contributed by atoms with Gasteiger partial charge in [-0.3, -0.25) is 9.59 Å². The first-order chi connectivity index (χ1) is 10.6. The van der Waals surface area contributed by atoms with Gasteiger partial charge in [-0.15, -0.1) is 0 Å². The van der Waals surface area contributed by atoms with Gasteiger partial charge in [-0.25, -0.2) is 0 Å². The third-order valence-corrected chi connectivity index (χ3v) is 4.44. The summed E-state index contributed by atoms with van der Waals surface area (Å²) in [5, 5.41) is 0.938. The Morgan fingerprint density at radius 3 is 2.55 bits per heavy atom. The van der Waals surface area contributed by atoms with Crippen molar-refractivity contribution in [1.29, 1.82) is 0 Å². The predicted molar refractivity (Wildman–Crippen MR) is 84.6 cm³/mol. The van der Waals surface area contributed by atoms with Crippen LogP contribution in [0.2, 0.25) is 0 Å².